The summed E-state index contributed by atoms with van der Waals surface area (Å²) in [7, 11) is -3.73. The van der Waals surface area contributed by atoms with Crippen LogP contribution in [0.5, 0.6) is 0 Å². The number of hydrogen-bond donors (Lipinski definition) is 0. The minimum atomic E-state index is -2.28. The Morgan fingerprint density at radius 3 is 1.79 bits per heavy atom. The summed E-state index contributed by atoms with van der Waals surface area (Å²) < 4.78 is 1.85. The third-order valence-electron chi connectivity index (χ3n) is 8.53. The van der Waals surface area contributed by atoms with Crippen LogP contribution in [0.4, 0.5) is 0 Å². The molecule has 33 heavy (non-hydrogen) atoms. The van der Waals surface area contributed by atoms with Crippen molar-refractivity contribution in [3.8, 4) is 0 Å². The Balaban J connectivity index is 2.58. The first-order valence-corrected chi connectivity index (χ1v) is 22.1. The van der Waals surface area contributed by atoms with Crippen LogP contribution in [0, 0.1) is 6.92 Å². The molecule has 2 atom stereocenters. The number of benzene rings is 2. The zero-order valence-corrected chi connectivity index (χ0v) is 26.8. The third kappa shape index (κ3) is 4.09. The van der Waals surface area contributed by atoms with Gasteiger partial charge in [0.15, 0.2) is 0 Å². The van der Waals surface area contributed by atoms with Crippen molar-refractivity contribution in [3.63, 3.8) is 0 Å². The van der Waals surface area contributed by atoms with Crippen molar-refractivity contribution < 1.29 is 17.9 Å². The van der Waals surface area contributed by atoms with Crippen LogP contribution >= 0.6 is 0 Å². The van der Waals surface area contributed by atoms with Crippen LogP contribution in [0.3, 0.4) is 0 Å². The van der Waals surface area contributed by atoms with Crippen molar-refractivity contribution in [2.75, 3.05) is 0 Å². The fraction of sp³-hybridized carbons (Fsp3) is 0.467. The van der Waals surface area contributed by atoms with Gasteiger partial charge in [-0.2, -0.15) is 0 Å². The Morgan fingerprint density at radius 2 is 1.30 bits per heavy atom. The topological polar surface area (TPSA) is 0 Å². The standard InChI is InChI=1S/C28H39Si2.2CH3.Ti/c1-20(2)30(25-14-12-11-13-15-25,28(7)19-22(4)23(5)24(28)6)27-17-21(3)16-26(18-27)29(8,9)10;;;/h11-18,20H,1-10H3;2*1H3;. The van der Waals surface area contributed by atoms with Crippen LogP contribution in [0.1, 0.15) is 47.1 Å². The van der Waals surface area contributed by atoms with Gasteiger partial charge in [-0.3, -0.25) is 0 Å². The zero-order chi connectivity index (χ0) is 24.9. The molecule has 0 N–H and O–H groups in total. The average Bonchev–Trinajstić information content (AvgIpc) is 2.89. The zero-order valence-electron chi connectivity index (χ0n) is 23.2. The maximum atomic E-state index is 2.67. The molecule has 0 aliphatic heterocycles. The first-order chi connectivity index (χ1) is 15.2. The molecule has 3 rings (SSSR count). The second kappa shape index (κ2) is 9.26. The molecule has 0 fully saturated rings. The molecule has 0 spiro atoms. The van der Waals surface area contributed by atoms with E-state index in [0.29, 0.717) is 5.54 Å². The van der Waals surface area contributed by atoms with Gasteiger partial charge in [0.05, 0.1) is 0 Å². The van der Waals surface area contributed by atoms with Crippen LogP contribution in [-0.2, 0) is 17.9 Å². The van der Waals surface area contributed by atoms with Gasteiger partial charge in [0.1, 0.15) is 0 Å². The van der Waals surface area contributed by atoms with E-state index < -0.39 is 34.0 Å². The molecule has 0 bridgehead atoms. The van der Waals surface area contributed by atoms with Crippen LogP contribution in [0.15, 0.2) is 69.1 Å². The van der Waals surface area contributed by atoms with Crippen molar-refractivity contribution in [2.24, 2.45) is 0 Å². The van der Waals surface area contributed by atoms with Crippen LogP contribution in [0.2, 0.25) is 40.7 Å². The van der Waals surface area contributed by atoms with Crippen molar-refractivity contribution in [2.45, 2.75) is 89.1 Å². The fourth-order valence-corrected chi connectivity index (χ4v) is 20.5. The summed E-state index contributed by atoms with van der Waals surface area (Å²) in [6.07, 6.45) is 0. The summed E-state index contributed by atoms with van der Waals surface area (Å²) in [4.78, 5) is 0. The van der Waals surface area contributed by atoms with Crippen LogP contribution in [0.25, 0.3) is 0 Å². The van der Waals surface area contributed by atoms with E-state index in [0.717, 1.165) is 0 Å². The maximum absolute atomic E-state index is 2.67. The molecule has 2 aromatic rings. The molecule has 1 aliphatic rings. The summed E-state index contributed by atoms with van der Waals surface area (Å²) in [5.74, 6) is 0. The van der Waals surface area contributed by atoms with Gasteiger partial charge in [-0.1, -0.05) is 0 Å². The molecule has 0 aromatic heterocycles. The van der Waals surface area contributed by atoms with Gasteiger partial charge in [-0.25, -0.2) is 0 Å². The molecule has 0 radical (unpaired) electrons. The summed E-state index contributed by atoms with van der Waals surface area (Å²) in [6, 6.07) is 19.4. The van der Waals surface area contributed by atoms with E-state index in [1.165, 1.54) is 5.56 Å². The number of aryl methyl sites for hydroxylation is 1. The summed E-state index contributed by atoms with van der Waals surface area (Å²) >= 11 is -1.36. The molecule has 0 saturated carbocycles. The molecular weight excluding hydrogens is 464 g/mol. The molecule has 0 nitrogen and oxygen atoms in total. The van der Waals surface area contributed by atoms with E-state index in [1.807, 2.05) is 3.88 Å². The van der Waals surface area contributed by atoms with E-state index in [-0.39, 0.29) is 5.04 Å². The predicted molar refractivity (Wildman–Crippen MR) is 152 cm³/mol. The molecule has 2 unspecified atom stereocenters. The summed E-state index contributed by atoms with van der Waals surface area (Å²) in [5, 5.41) is 10.2. The van der Waals surface area contributed by atoms with Crippen molar-refractivity contribution >= 4 is 31.7 Å². The monoisotopic (exact) mass is 509 g/mol. The molecule has 2 aromatic carbocycles. The van der Waals surface area contributed by atoms with Crippen LogP contribution < -0.4 is 15.6 Å². The molecule has 177 valence electrons. The number of hydrogen-bond acceptors (Lipinski definition) is 0. The van der Waals surface area contributed by atoms with Gasteiger partial charge in [0.2, 0.25) is 0 Å². The van der Waals surface area contributed by atoms with Crippen LogP contribution in [-0.4, -0.2) is 16.1 Å². The number of rotatable bonds is 6. The predicted octanol–water partition coefficient (Wildman–Crippen LogP) is 7.61. The first kappa shape index (κ1) is 26.7. The second-order valence-corrected chi connectivity index (χ2v) is 25.9. The van der Waals surface area contributed by atoms with Gasteiger partial charge in [-0.05, 0) is 0 Å². The quantitative estimate of drug-likeness (QED) is 0.352. The molecular formula is C30H45Si2Ti. The minimum absolute atomic E-state index is 0.125. The molecule has 1 aliphatic carbocycles. The third-order valence-corrected chi connectivity index (χ3v) is 20.2. The van der Waals surface area contributed by atoms with Gasteiger partial charge >= 0.3 is 213 Å². The number of allylic oxidation sites excluding steroid dienone is 4. The molecule has 3 heteroatoms. The van der Waals surface area contributed by atoms with Gasteiger partial charge in [0.25, 0.3) is 0 Å². The normalized spacial score (nSPS) is 21.1. The first-order valence-electron chi connectivity index (χ1n) is 12.6. The van der Waals surface area contributed by atoms with Crippen molar-refractivity contribution in [1.82, 2.24) is 0 Å². The SMILES string of the molecule is CC1=C(C)C(C)([Si](c2ccccc2)(c2cc(C)cc([Si](C)(C)C)c2)C(C)C)[C]([Ti]([CH3])[CH3])=C1C. The Hall–Kier alpha value is -0.932. The van der Waals surface area contributed by atoms with E-state index in [9.17, 15) is 0 Å². The molecule has 0 saturated heterocycles. The van der Waals surface area contributed by atoms with Gasteiger partial charge in [-0.15, -0.1) is 0 Å². The summed E-state index contributed by atoms with van der Waals surface area (Å²) in [5.41, 5.74) is 6.84. The van der Waals surface area contributed by atoms with Gasteiger partial charge < -0.3 is 0 Å². The fourth-order valence-electron chi connectivity index (χ4n) is 6.91. The second-order valence-electron chi connectivity index (χ2n) is 12.0. The average molecular weight is 510 g/mol. The van der Waals surface area contributed by atoms with Crippen molar-refractivity contribution in [1.29, 1.82) is 0 Å². The van der Waals surface area contributed by atoms with Crippen molar-refractivity contribution in [3.05, 3.63) is 74.7 Å². The van der Waals surface area contributed by atoms with E-state index in [2.05, 4.69) is 127 Å². The molecule has 0 amide bonds. The van der Waals surface area contributed by atoms with E-state index >= 15 is 0 Å². The van der Waals surface area contributed by atoms with E-state index in [4.69, 9.17) is 0 Å². The Bertz CT molecular complexity index is 1100. The Labute approximate surface area is 212 Å². The Kier molecular flexibility index (Phi) is 7.49. The Morgan fingerprint density at radius 1 is 0.758 bits per heavy atom. The summed E-state index contributed by atoms with van der Waals surface area (Å²) in [6.45, 7) is 24.8. The molecule has 0 heterocycles. The van der Waals surface area contributed by atoms with Gasteiger partial charge in [0, 0.05) is 0 Å². The van der Waals surface area contributed by atoms with E-state index in [1.54, 1.807) is 32.3 Å².